The quantitative estimate of drug-likeness (QED) is 0.390. The van der Waals surface area contributed by atoms with E-state index < -0.39 is 0 Å². The van der Waals surface area contributed by atoms with Gasteiger partial charge in [0.2, 0.25) is 0 Å². The summed E-state index contributed by atoms with van der Waals surface area (Å²) in [7, 11) is 1.36. The number of carbonyl (C=O) groups excluding carboxylic acids is 2. The van der Waals surface area contributed by atoms with Gasteiger partial charge in [0.15, 0.2) is 5.11 Å². The van der Waals surface area contributed by atoms with Gasteiger partial charge >= 0.3 is 5.97 Å². The number of benzene rings is 1. The Kier molecular flexibility index (Phi) is 6.48. The SMILES string of the molecule is CCOc1cccc(C(=O)NNC(=S)Nc2sc3c(c2C(=O)OC)CCC3)c1. The highest BCUT2D eigenvalue weighted by atomic mass is 32.1. The standard InChI is InChI=1S/C19H21N3O4S2/c1-3-26-12-7-4-6-11(10-12)16(23)21-22-19(27)20-17-15(18(24)25-2)13-8-5-9-14(13)28-17/h4,6-7,10H,3,5,8-9H2,1-2H3,(H,21,23)(H2,20,22,27). The lowest BCUT2D eigenvalue weighted by molar-refractivity contribution is 0.0601. The molecular weight excluding hydrogens is 398 g/mol. The van der Waals surface area contributed by atoms with Crippen molar-refractivity contribution >= 4 is 45.5 Å². The number of hydrazine groups is 1. The number of nitrogens with one attached hydrogen (secondary N) is 3. The molecule has 0 fully saturated rings. The lowest BCUT2D eigenvalue weighted by Gasteiger charge is -2.12. The number of hydrogen-bond acceptors (Lipinski definition) is 6. The first-order chi connectivity index (χ1) is 13.5. The molecule has 1 aromatic carbocycles. The normalized spacial score (nSPS) is 12.1. The topological polar surface area (TPSA) is 88.7 Å². The molecule has 0 spiro atoms. The fourth-order valence-corrected chi connectivity index (χ4v) is 4.52. The molecule has 1 aliphatic carbocycles. The molecule has 2 aromatic rings. The highest BCUT2D eigenvalue weighted by molar-refractivity contribution is 7.80. The summed E-state index contributed by atoms with van der Waals surface area (Å²) in [5.74, 6) is -0.124. The number of amides is 1. The first kappa shape index (κ1) is 20.1. The van der Waals surface area contributed by atoms with Crippen molar-refractivity contribution < 1.29 is 19.1 Å². The molecule has 3 rings (SSSR count). The number of aryl methyl sites for hydroxylation is 1. The second-order valence-corrected chi connectivity index (χ2v) is 7.56. The summed E-state index contributed by atoms with van der Waals surface area (Å²) in [6.45, 7) is 2.39. The molecule has 3 N–H and O–H groups in total. The average Bonchev–Trinajstić information content (AvgIpc) is 3.26. The fraction of sp³-hybridized carbons (Fsp3) is 0.316. The molecule has 0 unspecified atom stereocenters. The Labute approximate surface area is 172 Å². The van der Waals surface area contributed by atoms with E-state index in [4.69, 9.17) is 21.7 Å². The van der Waals surface area contributed by atoms with E-state index in [1.54, 1.807) is 24.3 Å². The maximum atomic E-state index is 12.3. The molecule has 148 valence electrons. The van der Waals surface area contributed by atoms with E-state index in [1.807, 2.05) is 6.92 Å². The minimum Gasteiger partial charge on any atom is -0.494 e. The Morgan fingerprint density at radius 1 is 1.25 bits per heavy atom. The van der Waals surface area contributed by atoms with Crippen molar-refractivity contribution in [3.63, 3.8) is 0 Å². The Morgan fingerprint density at radius 2 is 2.07 bits per heavy atom. The van der Waals surface area contributed by atoms with Crippen molar-refractivity contribution in [2.75, 3.05) is 19.0 Å². The molecule has 1 heterocycles. The number of hydrogen-bond donors (Lipinski definition) is 3. The van der Waals surface area contributed by atoms with E-state index in [9.17, 15) is 9.59 Å². The van der Waals surface area contributed by atoms with Gasteiger partial charge in [0.1, 0.15) is 10.8 Å². The van der Waals surface area contributed by atoms with Crippen molar-refractivity contribution in [3.05, 3.63) is 45.8 Å². The first-order valence-electron chi connectivity index (χ1n) is 8.86. The number of rotatable bonds is 5. The van der Waals surface area contributed by atoms with Gasteiger partial charge in [0.25, 0.3) is 5.91 Å². The van der Waals surface area contributed by atoms with Gasteiger partial charge in [0.05, 0.1) is 19.3 Å². The maximum absolute atomic E-state index is 12.3. The molecule has 28 heavy (non-hydrogen) atoms. The lowest BCUT2D eigenvalue weighted by atomic mass is 10.1. The van der Waals surface area contributed by atoms with Gasteiger partial charge in [-0.2, -0.15) is 0 Å². The minimum absolute atomic E-state index is 0.180. The van der Waals surface area contributed by atoms with Gasteiger partial charge in [-0.25, -0.2) is 4.79 Å². The Balaban J connectivity index is 1.63. The summed E-state index contributed by atoms with van der Waals surface area (Å²) in [6, 6.07) is 6.85. The molecular formula is C19H21N3O4S2. The highest BCUT2D eigenvalue weighted by Crippen LogP contribution is 2.39. The van der Waals surface area contributed by atoms with E-state index in [-0.39, 0.29) is 17.0 Å². The minimum atomic E-state index is -0.388. The van der Waals surface area contributed by atoms with Gasteiger partial charge in [-0.15, -0.1) is 11.3 Å². The monoisotopic (exact) mass is 419 g/mol. The van der Waals surface area contributed by atoms with Crippen LogP contribution in [0.25, 0.3) is 0 Å². The Morgan fingerprint density at radius 3 is 2.82 bits per heavy atom. The summed E-state index contributed by atoms with van der Waals surface area (Å²) in [6.07, 6.45) is 2.83. The van der Waals surface area contributed by atoms with Crippen LogP contribution in [0.5, 0.6) is 5.75 Å². The number of anilines is 1. The lowest BCUT2D eigenvalue weighted by Crippen LogP contribution is -2.43. The van der Waals surface area contributed by atoms with Crippen molar-refractivity contribution in [1.82, 2.24) is 10.9 Å². The zero-order valence-corrected chi connectivity index (χ0v) is 17.2. The van der Waals surface area contributed by atoms with Crippen LogP contribution in [0.15, 0.2) is 24.3 Å². The predicted octanol–water partition coefficient (Wildman–Crippen LogP) is 3.05. The van der Waals surface area contributed by atoms with Crippen LogP contribution in [-0.4, -0.2) is 30.7 Å². The number of esters is 1. The van der Waals surface area contributed by atoms with Crippen molar-refractivity contribution in [3.8, 4) is 5.75 Å². The summed E-state index contributed by atoms with van der Waals surface area (Å²) >= 11 is 6.74. The molecule has 0 radical (unpaired) electrons. The number of carbonyl (C=O) groups is 2. The van der Waals surface area contributed by atoms with E-state index in [2.05, 4.69) is 16.2 Å². The molecule has 0 saturated heterocycles. The average molecular weight is 420 g/mol. The second kappa shape index (κ2) is 9.03. The third-order valence-electron chi connectivity index (χ3n) is 4.23. The van der Waals surface area contributed by atoms with Crippen LogP contribution in [0.3, 0.4) is 0 Å². The van der Waals surface area contributed by atoms with Crippen LogP contribution >= 0.6 is 23.6 Å². The first-order valence-corrected chi connectivity index (χ1v) is 10.1. The molecule has 1 aliphatic rings. The molecule has 1 aromatic heterocycles. The molecule has 0 saturated carbocycles. The van der Waals surface area contributed by atoms with E-state index in [0.717, 1.165) is 24.8 Å². The van der Waals surface area contributed by atoms with Crippen LogP contribution < -0.4 is 20.9 Å². The smallest absolute Gasteiger partial charge is 0.341 e. The maximum Gasteiger partial charge on any atom is 0.341 e. The van der Waals surface area contributed by atoms with Crippen LogP contribution in [0.1, 0.15) is 44.5 Å². The zero-order valence-electron chi connectivity index (χ0n) is 15.6. The van der Waals surface area contributed by atoms with Gasteiger partial charge in [0, 0.05) is 10.4 Å². The summed E-state index contributed by atoms with van der Waals surface area (Å²) < 4.78 is 10.3. The molecule has 9 heteroatoms. The van der Waals surface area contributed by atoms with E-state index in [1.165, 1.54) is 23.3 Å². The van der Waals surface area contributed by atoms with Crippen LogP contribution in [0, 0.1) is 0 Å². The Hall–Kier alpha value is -2.65. The summed E-state index contributed by atoms with van der Waals surface area (Å²) in [4.78, 5) is 25.6. The van der Waals surface area contributed by atoms with Crippen LogP contribution in [0.2, 0.25) is 0 Å². The van der Waals surface area contributed by atoms with Crippen molar-refractivity contribution in [1.29, 1.82) is 0 Å². The van der Waals surface area contributed by atoms with Gasteiger partial charge in [-0.3, -0.25) is 15.6 Å². The van der Waals surface area contributed by atoms with Gasteiger partial charge < -0.3 is 14.8 Å². The third-order valence-corrected chi connectivity index (χ3v) is 5.65. The zero-order chi connectivity index (χ0) is 20.1. The number of thiophene rings is 1. The van der Waals surface area contributed by atoms with Crippen LogP contribution in [0.4, 0.5) is 5.00 Å². The predicted molar refractivity (Wildman–Crippen MR) is 112 cm³/mol. The van der Waals surface area contributed by atoms with Gasteiger partial charge in [-0.05, 0) is 62.2 Å². The van der Waals surface area contributed by atoms with Crippen LogP contribution in [-0.2, 0) is 17.6 Å². The second-order valence-electron chi connectivity index (χ2n) is 6.05. The van der Waals surface area contributed by atoms with E-state index >= 15 is 0 Å². The fourth-order valence-electron chi connectivity index (χ4n) is 3.02. The molecule has 1 amide bonds. The highest BCUT2D eigenvalue weighted by Gasteiger charge is 2.27. The van der Waals surface area contributed by atoms with Gasteiger partial charge in [-0.1, -0.05) is 6.07 Å². The molecule has 0 atom stereocenters. The molecule has 7 nitrogen and oxygen atoms in total. The molecule has 0 aliphatic heterocycles. The summed E-state index contributed by atoms with van der Waals surface area (Å²) in [5, 5.41) is 3.80. The Bertz CT molecular complexity index is 911. The largest absolute Gasteiger partial charge is 0.494 e. The summed E-state index contributed by atoms with van der Waals surface area (Å²) in [5.41, 5.74) is 7.20. The number of thiocarbonyl (C=S) groups is 1. The van der Waals surface area contributed by atoms with E-state index in [0.29, 0.717) is 28.5 Å². The third kappa shape index (κ3) is 4.42. The van der Waals surface area contributed by atoms with Crippen molar-refractivity contribution in [2.24, 2.45) is 0 Å². The van der Waals surface area contributed by atoms with Crippen molar-refractivity contribution in [2.45, 2.75) is 26.2 Å². The molecule has 0 bridgehead atoms. The number of methoxy groups -OCH3 is 1. The number of fused-ring (bicyclic) bond motifs is 1. The number of ether oxygens (including phenoxy) is 2.